The van der Waals surface area contributed by atoms with Gasteiger partial charge in [0.05, 0.1) is 24.1 Å². The Morgan fingerprint density at radius 3 is 2.70 bits per heavy atom. The number of oxime groups is 1. The summed E-state index contributed by atoms with van der Waals surface area (Å²) in [6.07, 6.45) is 1.18. The van der Waals surface area contributed by atoms with E-state index in [0.29, 0.717) is 21.6 Å². The normalized spacial score (nSPS) is 10.7. The van der Waals surface area contributed by atoms with Crippen LogP contribution in [0.25, 0.3) is 0 Å². The van der Waals surface area contributed by atoms with Crippen molar-refractivity contribution >= 4 is 29.9 Å². The van der Waals surface area contributed by atoms with Crippen LogP contribution in [-0.2, 0) is 9.53 Å². The molecule has 0 aromatic heterocycles. The van der Waals surface area contributed by atoms with E-state index < -0.39 is 11.9 Å². The Morgan fingerprint density at radius 1 is 1.45 bits per heavy atom. The number of esters is 1. The van der Waals surface area contributed by atoms with Crippen LogP contribution in [0, 0.1) is 6.92 Å². The number of ether oxygens (including phenoxy) is 1. The number of carboxylic acid groups (broad SMARTS) is 1. The van der Waals surface area contributed by atoms with Gasteiger partial charge in [-0.25, -0.2) is 4.79 Å². The number of nitrogens with zero attached hydrogens (tertiary/aromatic N) is 1. The fourth-order valence-corrected chi connectivity index (χ4v) is 2.42. The summed E-state index contributed by atoms with van der Waals surface area (Å²) in [7, 11) is 0. The van der Waals surface area contributed by atoms with E-state index in [9.17, 15) is 9.59 Å². The van der Waals surface area contributed by atoms with E-state index in [4.69, 9.17) is 15.1 Å². The van der Waals surface area contributed by atoms with Gasteiger partial charge in [0.1, 0.15) is 0 Å². The van der Waals surface area contributed by atoms with Gasteiger partial charge in [-0.1, -0.05) is 5.16 Å². The maximum absolute atomic E-state index is 11.8. The molecule has 0 amide bonds. The van der Waals surface area contributed by atoms with Gasteiger partial charge in [-0.3, -0.25) is 4.79 Å². The number of carboxylic acids is 1. The molecule has 0 saturated carbocycles. The van der Waals surface area contributed by atoms with Crippen molar-refractivity contribution in [3.63, 3.8) is 0 Å². The Bertz CT molecular complexity index is 542. The molecule has 0 fully saturated rings. The summed E-state index contributed by atoms with van der Waals surface area (Å²) in [5, 5.41) is 20.4. The van der Waals surface area contributed by atoms with E-state index in [-0.39, 0.29) is 12.4 Å². The van der Waals surface area contributed by atoms with Gasteiger partial charge in [-0.15, -0.1) is 11.8 Å². The molecule has 0 aliphatic rings. The van der Waals surface area contributed by atoms with Crippen molar-refractivity contribution in [1.82, 2.24) is 0 Å². The smallest absolute Gasteiger partial charge is 0.338 e. The molecule has 0 saturated heterocycles. The predicted molar refractivity (Wildman–Crippen MR) is 74.9 cm³/mol. The largest absolute Gasteiger partial charge is 0.481 e. The van der Waals surface area contributed by atoms with Crippen molar-refractivity contribution in [3.05, 3.63) is 28.8 Å². The molecule has 0 atom stereocenters. The number of carbonyl (C=O) groups excluding carboxylic acids is 1. The number of aliphatic carboxylic acids is 1. The standard InChI is InChI=1S/C13H15NO5S/c1-3-19-13(17)9-4-5-11(20-7-12(15)16)10(6-14-18)8(9)2/h4-6,18H,3,7H2,1-2H3,(H,15,16). The average molecular weight is 297 g/mol. The lowest BCUT2D eigenvalue weighted by molar-refractivity contribution is -0.133. The molecule has 0 aliphatic heterocycles. The summed E-state index contributed by atoms with van der Waals surface area (Å²) < 4.78 is 4.93. The molecule has 1 aromatic carbocycles. The van der Waals surface area contributed by atoms with E-state index in [1.165, 1.54) is 6.21 Å². The first-order chi connectivity index (χ1) is 9.51. The number of thioether (sulfide) groups is 1. The highest BCUT2D eigenvalue weighted by Crippen LogP contribution is 2.27. The first kappa shape index (κ1) is 16.0. The van der Waals surface area contributed by atoms with Crippen LogP contribution in [-0.4, -0.2) is 40.8 Å². The van der Waals surface area contributed by atoms with Crippen LogP contribution in [0.5, 0.6) is 0 Å². The third kappa shape index (κ3) is 3.99. The van der Waals surface area contributed by atoms with Crippen molar-refractivity contribution in [3.8, 4) is 0 Å². The minimum atomic E-state index is -0.950. The van der Waals surface area contributed by atoms with Crippen molar-refractivity contribution in [2.75, 3.05) is 12.4 Å². The van der Waals surface area contributed by atoms with Gasteiger partial charge in [-0.05, 0) is 31.5 Å². The average Bonchev–Trinajstić information content (AvgIpc) is 2.39. The molecule has 0 unspecified atom stereocenters. The Balaban J connectivity index is 3.19. The zero-order chi connectivity index (χ0) is 15.1. The molecule has 0 radical (unpaired) electrons. The molecular formula is C13H15NO5S. The van der Waals surface area contributed by atoms with Gasteiger partial charge < -0.3 is 15.1 Å². The lowest BCUT2D eigenvalue weighted by Crippen LogP contribution is -2.09. The van der Waals surface area contributed by atoms with E-state index >= 15 is 0 Å². The number of benzene rings is 1. The highest BCUT2D eigenvalue weighted by atomic mass is 32.2. The summed E-state index contributed by atoms with van der Waals surface area (Å²) in [5.41, 5.74) is 1.45. The predicted octanol–water partition coefficient (Wildman–Crippen LogP) is 2.16. The monoisotopic (exact) mass is 297 g/mol. The minimum Gasteiger partial charge on any atom is -0.481 e. The zero-order valence-corrected chi connectivity index (χ0v) is 11.9. The van der Waals surface area contributed by atoms with E-state index in [1.807, 2.05) is 0 Å². The van der Waals surface area contributed by atoms with Crippen LogP contribution in [0.3, 0.4) is 0 Å². The second-order valence-corrected chi connectivity index (χ2v) is 4.81. The molecule has 0 heterocycles. The van der Waals surface area contributed by atoms with Gasteiger partial charge in [0.25, 0.3) is 0 Å². The molecule has 108 valence electrons. The third-order valence-electron chi connectivity index (χ3n) is 2.51. The number of rotatable bonds is 6. The van der Waals surface area contributed by atoms with Crippen molar-refractivity contribution in [2.45, 2.75) is 18.7 Å². The van der Waals surface area contributed by atoms with Crippen molar-refractivity contribution in [1.29, 1.82) is 0 Å². The number of hydrogen-bond donors (Lipinski definition) is 2. The van der Waals surface area contributed by atoms with E-state index in [2.05, 4.69) is 5.16 Å². The Hall–Kier alpha value is -2.02. The van der Waals surface area contributed by atoms with E-state index in [1.54, 1.807) is 26.0 Å². The summed E-state index contributed by atoms with van der Waals surface area (Å²) in [6.45, 7) is 3.66. The quantitative estimate of drug-likeness (QED) is 0.274. The highest BCUT2D eigenvalue weighted by Gasteiger charge is 2.16. The van der Waals surface area contributed by atoms with Crippen molar-refractivity contribution < 1.29 is 24.6 Å². The number of hydrogen-bond acceptors (Lipinski definition) is 6. The Labute approximate surface area is 120 Å². The Kier molecular flexibility index (Phi) is 6.05. The van der Waals surface area contributed by atoms with Gasteiger partial charge in [0, 0.05) is 10.5 Å². The molecule has 7 heteroatoms. The SMILES string of the molecule is CCOC(=O)c1ccc(SCC(=O)O)c(C=NO)c1C. The van der Waals surface area contributed by atoms with Crippen LogP contribution in [0.1, 0.15) is 28.4 Å². The van der Waals surface area contributed by atoms with Crippen LogP contribution < -0.4 is 0 Å². The minimum absolute atomic E-state index is 0.121. The van der Waals surface area contributed by atoms with Crippen LogP contribution in [0.15, 0.2) is 22.2 Å². The fraction of sp³-hybridized carbons (Fsp3) is 0.308. The van der Waals surface area contributed by atoms with E-state index in [0.717, 1.165) is 11.8 Å². The molecule has 0 bridgehead atoms. The molecule has 6 nitrogen and oxygen atoms in total. The Morgan fingerprint density at radius 2 is 2.15 bits per heavy atom. The number of carbonyl (C=O) groups is 2. The molecular weight excluding hydrogens is 282 g/mol. The van der Waals surface area contributed by atoms with Crippen LogP contribution in [0.2, 0.25) is 0 Å². The maximum Gasteiger partial charge on any atom is 0.338 e. The highest BCUT2D eigenvalue weighted by molar-refractivity contribution is 8.00. The van der Waals surface area contributed by atoms with Gasteiger partial charge in [0.15, 0.2) is 0 Å². The molecule has 20 heavy (non-hydrogen) atoms. The topological polar surface area (TPSA) is 96.2 Å². The first-order valence-corrected chi connectivity index (χ1v) is 6.82. The molecule has 0 aliphatic carbocycles. The fourth-order valence-electron chi connectivity index (χ4n) is 1.62. The third-order valence-corrected chi connectivity index (χ3v) is 3.57. The first-order valence-electron chi connectivity index (χ1n) is 5.84. The lowest BCUT2D eigenvalue weighted by atomic mass is 10.0. The van der Waals surface area contributed by atoms with Gasteiger partial charge in [0.2, 0.25) is 0 Å². The zero-order valence-electron chi connectivity index (χ0n) is 11.1. The second kappa shape index (κ2) is 7.54. The summed E-state index contributed by atoms with van der Waals surface area (Å²) >= 11 is 1.09. The van der Waals surface area contributed by atoms with Gasteiger partial charge >= 0.3 is 11.9 Å². The summed E-state index contributed by atoms with van der Waals surface area (Å²) in [4.78, 5) is 23.0. The molecule has 0 spiro atoms. The summed E-state index contributed by atoms with van der Waals surface area (Å²) in [6, 6.07) is 3.19. The van der Waals surface area contributed by atoms with Crippen LogP contribution in [0.4, 0.5) is 0 Å². The lowest BCUT2D eigenvalue weighted by Gasteiger charge is -2.11. The molecule has 2 N–H and O–H groups in total. The second-order valence-electron chi connectivity index (χ2n) is 3.80. The maximum atomic E-state index is 11.8. The molecule has 1 aromatic rings. The molecule has 1 rings (SSSR count). The van der Waals surface area contributed by atoms with Gasteiger partial charge in [-0.2, -0.15) is 0 Å². The van der Waals surface area contributed by atoms with Crippen molar-refractivity contribution in [2.24, 2.45) is 5.16 Å². The van der Waals surface area contributed by atoms with Crippen LogP contribution >= 0.6 is 11.8 Å². The summed E-state index contributed by atoms with van der Waals surface area (Å²) in [5.74, 6) is -1.54.